The zero-order chi connectivity index (χ0) is 27.6. The number of primary amides is 1. The normalized spacial score (nSPS) is 27.4. The molecule has 0 bridgehead atoms. The SMILES string of the molecule is CN(C)C(=O)/C=C/c1ccc(O)c2c1C[C@H]1C[C@H]3[C@H](N(C)C)C(=O)C(C(N)=O)=C(O)[C@@]3(O)C(=O)C1=C2O. The van der Waals surface area contributed by atoms with Crippen molar-refractivity contribution in [2.45, 2.75) is 24.5 Å². The number of rotatable bonds is 4. The monoisotopic (exact) mass is 511 g/mol. The third kappa shape index (κ3) is 3.73. The number of nitrogens with zero attached hydrogens (tertiary/aromatic N) is 2. The number of carbonyl (C=O) groups is 4. The van der Waals surface area contributed by atoms with Crippen molar-refractivity contribution >= 4 is 35.2 Å². The molecular formula is C26H29N3O8. The molecule has 1 fully saturated rings. The molecule has 0 heterocycles. The molecule has 0 unspecified atom stereocenters. The third-order valence-corrected chi connectivity index (χ3v) is 7.49. The van der Waals surface area contributed by atoms with E-state index in [0.29, 0.717) is 11.1 Å². The summed E-state index contributed by atoms with van der Waals surface area (Å²) in [5, 5.41) is 44.2. The van der Waals surface area contributed by atoms with Crippen LogP contribution in [-0.2, 0) is 25.6 Å². The number of benzene rings is 1. The molecule has 3 aliphatic carbocycles. The Morgan fingerprint density at radius 1 is 1.11 bits per heavy atom. The van der Waals surface area contributed by atoms with E-state index in [0.717, 1.165) is 0 Å². The Morgan fingerprint density at radius 2 is 1.76 bits per heavy atom. The number of hydrogen-bond donors (Lipinski definition) is 5. The van der Waals surface area contributed by atoms with Gasteiger partial charge in [0.15, 0.2) is 11.4 Å². The molecule has 11 heteroatoms. The summed E-state index contributed by atoms with van der Waals surface area (Å²) in [5.74, 6) is -7.33. The Morgan fingerprint density at radius 3 is 2.32 bits per heavy atom. The van der Waals surface area contributed by atoms with Crippen LogP contribution in [0.3, 0.4) is 0 Å². The number of Topliss-reactive ketones (excluding diaryl/α,β-unsaturated/α-hetero) is 2. The highest BCUT2D eigenvalue weighted by atomic mass is 16.3. The van der Waals surface area contributed by atoms with Gasteiger partial charge in [0.05, 0.1) is 11.6 Å². The first-order valence-electron chi connectivity index (χ1n) is 11.6. The Kier molecular flexibility index (Phi) is 6.25. The molecule has 0 saturated heterocycles. The number of phenols is 1. The van der Waals surface area contributed by atoms with Gasteiger partial charge in [-0.15, -0.1) is 0 Å². The van der Waals surface area contributed by atoms with Crippen molar-refractivity contribution in [3.63, 3.8) is 0 Å². The fourth-order valence-corrected chi connectivity index (χ4v) is 5.73. The van der Waals surface area contributed by atoms with E-state index in [1.165, 1.54) is 36.0 Å². The van der Waals surface area contributed by atoms with E-state index in [-0.39, 0.29) is 35.6 Å². The number of aliphatic hydroxyl groups is 3. The van der Waals surface area contributed by atoms with Gasteiger partial charge in [-0.3, -0.25) is 24.1 Å². The Hall–Kier alpha value is -3.96. The largest absolute Gasteiger partial charge is 0.508 e. The number of fused-ring (bicyclic) bond motifs is 3. The van der Waals surface area contributed by atoms with Gasteiger partial charge in [-0.05, 0) is 56.1 Å². The minimum Gasteiger partial charge on any atom is -0.508 e. The summed E-state index contributed by atoms with van der Waals surface area (Å²) in [7, 11) is 6.26. The molecule has 0 spiro atoms. The van der Waals surface area contributed by atoms with Gasteiger partial charge in [0, 0.05) is 31.7 Å². The maximum atomic E-state index is 13.8. The molecule has 4 atom stereocenters. The molecule has 0 aliphatic heterocycles. The number of aliphatic hydroxyl groups excluding tert-OH is 2. The number of phenolic OH excluding ortho intramolecular Hbond substituents is 1. The second kappa shape index (κ2) is 8.86. The molecule has 0 radical (unpaired) electrons. The summed E-state index contributed by atoms with van der Waals surface area (Å²) in [5.41, 5.74) is 2.53. The van der Waals surface area contributed by atoms with Gasteiger partial charge in [0.1, 0.15) is 22.8 Å². The lowest BCUT2D eigenvalue weighted by atomic mass is 9.57. The molecule has 4 rings (SSSR count). The molecule has 0 aromatic heterocycles. The highest BCUT2D eigenvalue weighted by Gasteiger charge is 2.64. The Bertz CT molecular complexity index is 1340. The van der Waals surface area contributed by atoms with Gasteiger partial charge in [-0.1, -0.05) is 6.07 Å². The first-order valence-corrected chi connectivity index (χ1v) is 11.6. The van der Waals surface area contributed by atoms with Crippen LogP contribution in [0.2, 0.25) is 0 Å². The molecule has 1 aromatic carbocycles. The number of carbonyl (C=O) groups excluding carboxylic acids is 4. The van der Waals surface area contributed by atoms with E-state index in [1.54, 1.807) is 26.2 Å². The average molecular weight is 512 g/mol. The van der Waals surface area contributed by atoms with Crippen LogP contribution in [0.25, 0.3) is 11.8 Å². The second-order valence-electron chi connectivity index (χ2n) is 10.1. The number of hydrogen-bond acceptors (Lipinski definition) is 9. The Balaban J connectivity index is 1.92. The van der Waals surface area contributed by atoms with Crippen molar-refractivity contribution in [1.29, 1.82) is 0 Å². The molecule has 1 aromatic rings. The summed E-state index contributed by atoms with van der Waals surface area (Å²) < 4.78 is 0. The van der Waals surface area contributed by atoms with E-state index < -0.39 is 58.0 Å². The number of ketones is 2. The van der Waals surface area contributed by atoms with Crippen molar-refractivity contribution in [1.82, 2.24) is 9.80 Å². The maximum absolute atomic E-state index is 13.8. The summed E-state index contributed by atoms with van der Waals surface area (Å²) in [6.45, 7) is 0. The highest BCUT2D eigenvalue weighted by Crippen LogP contribution is 2.53. The topological polar surface area (TPSA) is 182 Å². The predicted molar refractivity (Wildman–Crippen MR) is 132 cm³/mol. The van der Waals surface area contributed by atoms with E-state index in [2.05, 4.69) is 0 Å². The van der Waals surface area contributed by atoms with Crippen LogP contribution in [0.1, 0.15) is 23.1 Å². The molecule has 37 heavy (non-hydrogen) atoms. The van der Waals surface area contributed by atoms with Crippen molar-refractivity contribution in [3.8, 4) is 5.75 Å². The van der Waals surface area contributed by atoms with Crippen molar-refractivity contribution in [2.75, 3.05) is 28.2 Å². The van der Waals surface area contributed by atoms with Crippen molar-refractivity contribution < 1.29 is 39.6 Å². The van der Waals surface area contributed by atoms with Crippen LogP contribution < -0.4 is 5.73 Å². The molecule has 196 valence electrons. The standard InChI is InChI=1S/C26H29N3O8/c1-28(2)16(31)8-6-11-5-7-15(30)18-13(11)9-12-10-14-20(29(3)4)22(33)19(25(27)36)24(35)26(14,37)23(34)17(12)21(18)32/h5-8,12,14,20,30,32,35,37H,9-10H2,1-4H3,(H2,27,36)/b8-6+/t12-,14-,20-,26-/m0/s1. The van der Waals surface area contributed by atoms with Crippen LogP contribution in [0.4, 0.5) is 0 Å². The van der Waals surface area contributed by atoms with Crippen LogP contribution in [0, 0.1) is 11.8 Å². The van der Waals surface area contributed by atoms with E-state index >= 15 is 0 Å². The van der Waals surface area contributed by atoms with Gasteiger partial charge in [-0.2, -0.15) is 0 Å². The van der Waals surface area contributed by atoms with Crippen LogP contribution in [0.15, 0.2) is 35.1 Å². The number of amides is 2. The maximum Gasteiger partial charge on any atom is 0.255 e. The summed E-state index contributed by atoms with van der Waals surface area (Å²) in [6.07, 6.45) is 3.00. The zero-order valence-electron chi connectivity index (χ0n) is 20.8. The van der Waals surface area contributed by atoms with E-state index in [9.17, 15) is 39.6 Å². The first kappa shape index (κ1) is 26.1. The Labute approximate surface area is 212 Å². The number of aromatic hydroxyl groups is 1. The van der Waals surface area contributed by atoms with Gasteiger partial charge in [0.25, 0.3) is 5.91 Å². The lowest BCUT2D eigenvalue weighted by Gasteiger charge is -2.50. The van der Waals surface area contributed by atoms with Crippen LogP contribution >= 0.6 is 0 Å². The lowest BCUT2D eigenvalue weighted by molar-refractivity contribution is -0.153. The van der Waals surface area contributed by atoms with E-state index in [1.807, 2.05) is 0 Å². The molecule has 3 aliphatic rings. The van der Waals surface area contributed by atoms with Crippen molar-refractivity contribution in [2.24, 2.45) is 17.6 Å². The fraction of sp³-hybridized carbons (Fsp3) is 0.385. The predicted octanol–water partition coefficient (Wildman–Crippen LogP) is 0.0654. The van der Waals surface area contributed by atoms with Gasteiger partial charge in [-0.25, -0.2) is 0 Å². The number of likely N-dealkylation sites (N-methyl/N-ethyl adjacent to an activating group) is 2. The minimum absolute atomic E-state index is 0.0127. The quantitative estimate of drug-likeness (QED) is 0.276. The van der Waals surface area contributed by atoms with Gasteiger partial charge in [0.2, 0.25) is 11.7 Å². The summed E-state index contributed by atoms with van der Waals surface area (Å²) in [6, 6.07) is 1.73. The van der Waals surface area contributed by atoms with E-state index in [4.69, 9.17) is 5.73 Å². The van der Waals surface area contributed by atoms with Crippen LogP contribution in [-0.4, -0.2) is 93.4 Å². The molecule has 1 saturated carbocycles. The lowest BCUT2D eigenvalue weighted by Crippen LogP contribution is -2.65. The summed E-state index contributed by atoms with van der Waals surface area (Å²) >= 11 is 0. The second-order valence-corrected chi connectivity index (χ2v) is 10.1. The third-order valence-electron chi connectivity index (χ3n) is 7.49. The molecule has 2 amide bonds. The molecule has 6 N–H and O–H groups in total. The highest BCUT2D eigenvalue weighted by molar-refractivity contribution is 6.24. The summed E-state index contributed by atoms with van der Waals surface area (Å²) in [4.78, 5) is 53.8. The first-order chi connectivity index (χ1) is 17.2. The minimum atomic E-state index is -2.68. The average Bonchev–Trinajstić information content (AvgIpc) is 2.80. The molecular weight excluding hydrogens is 482 g/mol. The fourth-order valence-electron chi connectivity index (χ4n) is 5.73. The van der Waals surface area contributed by atoms with Gasteiger partial charge < -0.3 is 31.1 Å². The molecule has 11 nitrogen and oxygen atoms in total. The smallest absolute Gasteiger partial charge is 0.255 e. The zero-order valence-corrected chi connectivity index (χ0v) is 20.8. The van der Waals surface area contributed by atoms with Crippen molar-refractivity contribution in [3.05, 3.63) is 51.8 Å². The number of nitrogens with two attached hydrogens (primary N) is 1. The van der Waals surface area contributed by atoms with Crippen LogP contribution in [0.5, 0.6) is 5.75 Å². The van der Waals surface area contributed by atoms with Gasteiger partial charge >= 0.3 is 0 Å².